The van der Waals surface area contributed by atoms with Gasteiger partial charge in [0.2, 0.25) is 0 Å². The molecule has 2 aromatic rings. The Morgan fingerprint density at radius 1 is 1.57 bits per heavy atom. The first-order valence-corrected chi connectivity index (χ1v) is 9.24. The van der Waals surface area contributed by atoms with Crippen molar-refractivity contribution in [1.29, 1.82) is 0 Å². The van der Waals surface area contributed by atoms with Gasteiger partial charge in [0.05, 0.1) is 12.6 Å². The number of amides is 1. The number of nitrogens with zero attached hydrogens (tertiary/aromatic N) is 1. The second kappa shape index (κ2) is 7.12. The van der Waals surface area contributed by atoms with Crippen molar-refractivity contribution in [2.24, 2.45) is 0 Å². The zero-order valence-electron chi connectivity index (χ0n) is 12.3. The van der Waals surface area contributed by atoms with Gasteiger partial charge in [0.15, 0.2) is 3.95 Å². The summed E-state index contributed by atoms with van der Waals surface area (Å²) in [7, 11) is 0. The Balaban J connectivity index is 1.79. The third kappa shape index (κ3) is 3.82. The van der Waals surface area contributed by atoms with Gasteiger partial charge in [-0.1, -0.05) is 33.3 Å². The zero-order chi connectivity index (χ0) is 16.4. The van der Waals surface area contributed by atoms with Gasteiger partial charge >= 0.3 is 0 Å². The number of carbonyl (C=O) groups excluding carboxylic acids is 1. The van der Waals surface area contributed by atoms with E-state index in [1.807, 2.05) is 24.3 Å². The fourth-order valence-electron chi connectivity index (χ4n) is 2.50. The molecule has 0 radical (unpaired) electrons. The van der Waals surface area contributed by atoms with Gasteiger partial charge in [0.25, 0.3) is 5.91 Å². The smallest absolute Gasteiger partial charge is 0.269 e. The topological polar surface area (TPSA) is 69.3 Å². The van der Waals surface area contributed by atoms with Crippen LogP contribution in [0.3, 0.4) is 0 Å². The van der Waals surface area contributed by atoms with E-state index in [0.717, 1.165) is 23.9 Å². The monoisotopic (exact) mass is 413 g/mol. The minimum Gasteiger partial charge on any atom is -0.384 e. The minimum atomic E-state index is -0.247. The number of hydrogen-bond acceptors (Lipinski definition) is 5. The van der Waals surface area contributed by atoms with Crippen molar-refractivity contribution in [3.8, 4) is 0 Å². The van der Waals surface area contributed by atoms with E-state index in [2.05, 4.69) is 21.2 Å². The number of ether oxygens (including phenoxy) is 1. The number of nitrogens with one attached hydrogen (secondary N) is 1. The van der Waals surface area contributed by atoms with E-state index in [1.165, 1.54) is 11.3 Å². The predicted molar refractivity (Wildman–Crippen MR) is 98.6 cm³/mol. The molecule has 5 nitrogen and oxygen atoms in total. The fraction of sp³-hybridized carbons (Fsp3) is 0.333. The molecule has 0 aliphatic carbocycles. The lowest BCUT2D eigenvalue weighted by Crippen LogP contribution is -2.18. The van der Waals surface area contributed by atoms with Crippen molar-refractivity contribution >= 4 is 56.9 Å². The SMILES string of the molecule is Nc1c(C(=O)Nc2cccc(Br)c2)sc(=S)n1C[C@@H]1CCCO1. The van der Waals surface area contributed by atoms with Crippen molar-refractivity contribution in [2.75, 3.05) is 17.7 Å². The van der Waals surface area contributed by atoms with Crippen molar-refractivity contribution in [2.45, 2.75) is 25.5 Å². The third-order valence-electron chi connectivity index (χ3n) is 3.63. The molecule has 0 spiro atoms. The maximum Gasteiger partial charge on any atom is 0.269 e. The van der Waals surface area contributed by atoms with Crippen LogP contribution in [0.5, 0.6) is 0 Å². The number of rotatable bonds is 4. The summed E-state index contributed by atoms with van der Waals surface area (Å²) in [6, 6.07) is 7.40. The van der Waals surface area contributed by atoms with E-state index in [0.29, 0.717) is 26.9 Å². The molecule has 122 valence electrons. The number of carbonyl (C=O) groups is 1. The van der Waals surface area contributed by atoms with Crippen LogP contribution in [-0.4, -0.2) is 23.2 Å². The number of nitrogens with two attached hydrogens (primary N) is 1. The largest absolute Gasteiger partial charge is 0.384 e. The molecule has 1 aromatic carbocycles. The first-order valence-electron chi connectivity index (χ1n) is 7.22. The van der Waals surface area contributed by atoms with Crippen molar-refractivity contribution in [1.82, 2.24) is 4.57 Å². The maximum absolute atomic E-state index is 12.5. The number of thiazole rings is 1. The molecular weight excluding hydrogens is 398 g/mol. The average Bonchev–Trinajstić information content (AvgIpc) is 3.11. The molecule has 1 aromatic heterocycles. The second-order valence-corrected chi connectivity index (χ2v) is 7.85. The molecule has 2 heterocycles. The molecule has 0 bridgehead atoms. The number of hydrogen-bond donors (Lipinski definition) is 2. The molecule has 3 N–H and O–H groups in total. The number of halogens is 1. The highest BCUT2D eigenvalue weighted by Crippen LogP contribution is 2.26. The van der Waals surface area contributed by atoms with Gasteiger partial charge in [-0.25, -0.2) is 0 Å². The lowest BCUT2D eigenvalue weighted by molar-refractivity contribution is 0.0970. The Morgan fingerprint density at radius 2 is 2.39 bits per heavy atom. The zero-order valence-corrected chi connectivity index (χ0v) is 15.5. The van der Waals surface area contributed by atoms with Gasteiger partial charge in [-0.2, -0.15) is 0 Å². The molecular formula is C15H16BrN3O2S2. The lowest BCUT2D eigenvalue weighted by Gasteiger charge is -2.12. The van der Waals surface area contributed by atoms with E-state index in [-0.39, 0.29) is 12.0 Å². The summed E-state index contributed by atoms with van der Waals surface area (Å²) in [6.07, 6.45) is 2.18. The molecule has 8 heteroatoms. The predicted octanol–water partition coefficient (Wildman–Crippen LogP) is 4.06. The molecule has 1 aliphatic rings. The van der Waals surface area contributed by atoms with E-state index in [1.54, 1.807) is 4.57 Å². The highest BCUT2D eigenvalue weighted by atomic mass is 79.9. The van der Waals surface area contributed by atoms with E-state index < -0.39 is 0 Å². The molecule has 3 rings (SSSR count). The number of benzene rings is 1. The van der Waals surface area contributed by atoms with Crippen LogP contribution in [0.2, 0.25) is 0 Å². The summed E-state index contributed by atoms with van der Waals surface area (Å²) in [5, 5.41) is 2.84. The Morgan fingerprint density at radius 3 is 3.09 bits per heavy atom. The maximum atomic E-state index is 12.5. The summed E-state index contributed by atoms with van der Waals surface area (Å²) < 4.78 is 8.91. The van der Waals surface area contributed by atoms with Gasteiger partial charge in [0, 0.05) is 16.8 Å². The molecule has 0 saturated carbocycles. The summed E-state index contributed by atoms with van der Waals surface area (Å²) in [4.78, 5) is 12.9. The Hall–Kier alpha value is -1.22. The Labute approximate surface area is 151 Å². The molecule has 1 atom stereocenters. The van der Waals surface area contributed by atoms with Crippen LogP contribution in [0, 0.1) is 3.95 Å². The minimum absolute atomic E-state index is 0.125. The first-order chi connectivity index (χ1) is 11.0. The first kappa shape index (κ1) is 16.6. The van der Waals surface area contributed by atoms with Crippen LogP contribution < -0.4 is 11.1 Å². The van der Waals surface area contributed by atoms with Crippen molar-refractivity contribution < 1.29 is 9.53 Å². The number of anilines is 2. The van der Waals surface area contributed by atoms with Gasteiger partial charge in [-0.3, -0.25) is 4.79 Å². The van der Waals surface area contributed by atoms with E-state index in [9.17, 15) is 4.79 Å². The van der Waals surface area contributed by atoms with Gasteiger partial charge in [-0.15, -0.1) is 0 Å². The highest BCUT2D eigenvalue weighted by molar-refractivity contribution is 9.10. The second-order valence-electron chi connectivity index (χ2n) is 5.29. The molecule has 1 aliphatic heterocycles. The molecule has 23 heavy (non-hydrogen) atoms. The molecule has 1 saturated heterocycles. The quantitative estimate of drug-likeness (QED) is 0.741. The van der Waals surface area contributed by atoms with Gasteiger partial charge in [-0.05, 0) is 43.3 Å². The summed E-state index contributed by atoms with van der Waals surface area (Å²) in [5.41, 5.74) is 6.85. The Kier molecular flexibility index (Phi) is 5.15. The van der Waals surface area contributed by atoms with Gasteiger partial charge in [0.1, 0.15) is 10.7 Å². The number of nitrogen functional groups attached to an aromatic ring is 1. The van der Waals surface area contributed by atoms with E-state index in [4.69, 9.17) is 22.7 Å². The van der Waals surface area contributed by atoms with Crippen LogP contribution >= 0.6 is 39.5 Å². The summed E-state index contributed by atoms with van der Waals surface area (Å²) in [6.45, 7) is 1.38. The molecule has 1 fully saturated rings. The third-order valence-corrected chi connectivity index (χ3v) is 5.59. The van der Waals surface area contributed by atoms with Crippen LogP contribution in [0.1, 0.15) is 22.5 Å². The number of aromatic nitrogens is 1. The standard InChI is InChI=1S/C15H16BrN3O2S2/c16-9-3-1-4-10(7-9)18-14(20)12-13(17)19(15(22)23-12)8-11-5-2-6-21-11/h1,3-4,7,11H,2,5-6,8,17H2,(H,18,20)/t11-/m0/s1. The Bertz CT molecular complexity index is 781. The van der Waals surface area contributed by atoms with Crippen LogP contribution in [0.15, 0.2) is 28.7 Å². The lowest BCUT2D eigenvalue weighted by atomic mass is 10.2. The van der Waals surface area contributed by atoms with Crippen LogP contribution in [0.25, 0.3) is 0 Å². The average molecular weight is 414 g/mol. The summed E-state index contributed by atoms with van der Waals surface area (Å²) >= 11 is 9.97. The normalized spacial score (nSPS) is 17.3. The van der Waals surface area contributed by atoms with Crippen molar-refractivity contribution in [3.63, 3.8) is 0 Å². The molecule has 1 amide bonds. The van der Waals surface area contributed by atoms with E-state index >= 15 is 0 Å². The van der Waals surface area contributed by atoms with Crippen molar-refractivity contribution in [3.05, 3.63) is 37.6 Å². The summed E-state index contributed by atoms with van der Waals surface area (Å²) in [5.74, 6) is 0.158. The molecule has 0 unspecified atom stereocenters. The highest BCUT2D eigenvalue weighted by Gasteiger charge is 2.22. The fourth-order valence-corrected chi connectivity index (χ4v) is 4.14. The van der Waals surface area contributed by atoms with Crippen LogP contribution in [0.4, 0.5) is 11.5 Å². The van der Waals surface area contributed by atoms with Gasteiger partial charge < -0.3 is 20.4 Å². The van der Waals surface area contributed by atoms with Crippen LogP contribution in [-0.2, 0) is 11.3 Å².